The minimum Gasteiger partial charge on any atom is -0.452 e. The molecular weight excluding hydrogens is 364 g/mol. The fraction of sp³-hybridized carbons (Fsp3) is 0.526. The zero-order valence-corrected chi connectivity index (χ0v) is 16.2. The third-order valence-electron chi connectivity index (χ3n) is 4.98. The molecule has 150 valence electrons. The van der Waals surface area contributed by atoms with Crippen LogP contribution in [0.1, 0.15) is 44.0 Å². The van der Waals surface area contributed by atoms with Gasteiger partial charge in [0, 0.05) is 25.2 Å². The first-order valence-electron chi connectivity index (χ1n) is 9.10. The molecule has 1 fully saturated rings. The minimum absolute atomic E-state index is 0.0517. The molecule has 2 rings (SSSR count). The number of rotatable bonds is 7. The van der Waals surface area contributed by atoms with E-state index in [-0.39, 0.29) is 17.2 Å². The third-order valence-corrected chi connectivity index (χ3v) is 4.98. The SMILES string of the molecule is CC(C)C(C)(C#N)NC(=O)COC(=O)c1cc([N+](=O)[O-])ccc1N1CCCC1. The Morgan fingerprint density at radius 2 is 2.04 bits per heavy atom. The van der Waals surface area contributed by atoms with Crippen LogP contribution in [0.5, 0.6) is 0 Å². The number of hydrogen-bond donors (Lipinski definition) is 1. The highest BCUT2D eigenvalue weighted by Crippen LogP contribution is 2.29. The summed E-state index contributed by atoms with van der Waals surface area (Å²) in [6.45, 7) is 6.08. The van der Waals surface area contributed by atoms with Crippen LogP contribution in [0.2, 0.25) is 0 Å². The number of nitro benzene ring substituents is 1. The van der Waals surface area contributed by atoms with Crippen molar-refractivity contribution in [2.45, 2.75) is 39.2 Å². The molecule has 28 heavy (non-hydrogen) atoms. The number of benzene rings is 1. The zero-order valence-electron chi connectivity index (χ0n) is 16.2. The van der Waals surface area contributed by atoms with E-state index >= 15 is 0 Å². The summed E-state index contributed by atoms with van der Waals surface area (Å²) in [7, 11) is 0. The molecule has 1 atom stereocenters. The maximum absolute atomic E-state index is 12.6. The summed E-state index contributed by atoms with van der Waals surface area (Å²) < 4.78 is 5.09. The number of nitriles is 1. The lowest BCUT2D eigenvalue weighted by atomic mass is 9.90. The molecule has 1 aliphatic heterocycles. The van der Waals surface area contributed by atoms with E-state index < -0.39 is 28.9 Å². The maximum atomic E-state index is 12.6. The summed E-state index contributed by atoms with van der Waals surface area (Å²) in [5.74, 6) is -1.57. The second-order valence-electron chi connectivity index (χ2n) is 7.25. The average molecular weight is 388 g/mol. The van der Waals surface area contributed by atoms with Crippen LogP contribution in [-0.2, 0) is 9.53 Å². The molecular formula is C19H24N4O5. The average Bonchev–Trinajstić information content (AvgIpc) is 3.19. The standard InChI is InChI=1S/C19H24N4O5/c1-13(2)19(3,12-20)21-17(24)11-28-18(25)15-10-14(23(26)27)6-7-16(15)22-8-4-5-9-22/h6-7,10,13H,4-5,8-9,11H2,1-3H3,(H,21,24). The topological polar surface area (TPSA) is 126 Å². The molecule has 9 heteroatoms. The first-order valence-corrected chi connectivity index (χ1v) is 9.10. The van der Waals surface area contributed by atoms with Crippen molar-refractivity contribution < 1.29 is 19.2 Å². The lowest BCUT2D eigenvalue weighted by Crippen LogP contribution is -2.50. The Morgan fingerprint density at radius 3 is 2.57 bits per heavy atom. The second-order valence-corrected chi connectivity index (χ2v) is 7.25. The predicted molar refractivity (Wildman–Crippen MR) is 102 cm³/mol. The molecule has 0 radical (unpaired) electrons. The van der Waals surface area contributed by atoms with Crippen molar-refractivity contribution in [2.24, 2.45) is 5.92 Å². The van der Waals surface area contributed by atoms with Gasteiger partial charge in [0.2, 0.25) is 0 Å². The summed E-state index contributed by atoms with van der Waals surface area (Å²) in [4.78, 5) is 37.1. The highest BCUT2D eigenvalue weighted by Gasteiger charge is 2.30. The number of non-ortho nitro benzene ring substituents is 1. The van der Waals surface area contributed by atoms with Crippen LogP contribution in [0.4, 0.5) is 11.4 Å². The van der Waals surface area contributed by atoms with E-state index in [1.165, 1.54) is 18.2 Å². The number of anilines is 1. The molecule has 1 aromatic carbocycles. The summed E-state index contributed by atoms with van der Waals surface area (Å²) in [5.41, 5.74) is -0.708. The van der Waals surface area contributed by atoms with Gasteiger partial charge in [-0.15, -0.1) is 0 Å². The van der Waals surface area contributed by atoms with Crippen LogP contribution in [0.3, 0.4) is 0 Å². The van der Waals surface area contributed by atoms with Gasteiger partial charge in [-0.05, 0) is 31.7 Å². The van der Waals surface area contributed by atoms with Crippen LogP contribution < -0.4 is 10.2 Å². The molecule has 1 heterocycles. The molecule has 0 saturated carbocycles. The van der Waals surface area contributed by atoms with Crippen LogP contribution in [0.25, 0.3) is 0 Å². The van der Waals surface area contributed by atoms with Gasteiger partial charge in [0.05, 0.1) is 22.2 Å². The van der Waals surface area contributed by atoms with Crippen molar-refractivity contribution >= 4 is 23.3 Å². The summed E-state index contributed by atoms with van der Waals surface area (Å²) in [5, 5.41) is 22.9. The molecule has 0 aromatic heterocycles. The van der Waals surface area contributed by atoms with E-state index in [0.29, 0.717) is 5.69 Å². The monoisotopic (exact) mass is 388 g/mol. The lowest BCUT2D eigenvalue weighted by molar-refractivity contribution is -0.384. The Labute approximate surface area is 163 Å². The summed E-state index contributed by atoms with van der Waals surface area (Å²) in [6.07, 6.45) is 1.94. The fourth-order valence-corrected chi connectivity index (χ4v) is 2.87. The van der Waals surface area contributed by atoms with Crippen LogP contribution in [0, 0.1) is 27.4 Å². The van der Waals surface area contributed by atoms with Crippen molar-refractivity contribution in [3.8, 4) is 6.07 Å². The third kappa shape index (κ3) is 4.76. The normalized spacial score (nSPS) is 15.6. The minimum atomic E-state index is -1.09. The number of carbonyl (C=O) groups is 2. The number of esters is 1. The first-order chi connectivity index (χ1) is 13.2. The number of nitro groups is 1. The van der Waals surface area contributed by atoms with Gasteiger partial charge >= 0.3 is 5.97 Å². The van der Waals surface area contributed by atoms with E-state index in [0.717, 1.165) is 25.9 Å². The number of nitrogens with zero attached hydrogens (tertiary/aromatic N) is 3. The number of carbonyl (C=O) groups excluding carboxylic acids is 2. The molecule has 0 aliphatic carbocycles. The Morgan fingerprint density at radius 1 is 1.39 bits per heavy atom. The van der Waals surface area contributed by atoms with Crippen molar-refractivity contribution in [3.63, 3.8) is 0 Å². The molecule has 0 spiro atoms. The number of amides is 1. The molecule has 1 amide bonds. The molecule has 9 nitrogen and oxygen atoms in total. The van der Waals surface area contributed by atoms with Crippen molar-refractivity contribution in [1.29, 1.82) is 5.26 Å². The Bertz CT molecular complexity index is 811. The van der Waals surface area contributed by atoms with E-state index in [1.807, 2.05) is 11.0 Å². The van der Waals surface area contributed by atoms with Crippen LogP contribution in [0.15, 0.2) is 18.2 Å². The maximum Gasteiger partial charge on any atom is 0.341 e. The number of nitrogens with one attached hydrogen (secondary N) is 1. The Hall–Kier alpha value is -3.15. The van der Waals surface area contributed by atoms with Gasteiger partial charge in [0.25, 0.3) is 11.6 Å². The van der Waals surface area contributed by atoms with Crippen LogP contribution in [-0.4, -0.2) is 42.0 Å². The van der Waals surface area contributed by atoms with E-state index in [2.05, 4.69) is 5.32 Å². The van der Waals surface area contributed by atoms with Gasteiger partial charge in [0.15, 0.2) is 6.61 Å². The molecule has 1 unspecified atom stereocenters. The smallest absolute Gasteiger partial charge is 0.341 e. The number of ether oxygens (including phenoxy) is 1. The predicted octanol–water partition coefficient (Wildman–Crippen LogP) is 2.41. The summed E-state index contributed by atoms with van der Waals surface area (Å²) in [6, 6.07) is 6.09. The molecule has 1 aliphatic rings. The Kier molecular flexibility index (Phi) is 6.57. The zero-order chi connectivity index (χ0) is 20.9. The highest BCUT2D eigenvalue weighted by atomic mass is 16.6. The highest BCUT2D eigenvalue weighted by molar-refractivity contribution is 5.98. The second kappa shape index (κ2) is 8.69. The van der Waals surface area contributed by atoms with Gasteiger partial charge < -0.3 is 15.0 Å². The molecule has 1 N–H and O–H groups in total. The molecule has 1 saturated heterocycles. The number of hydrogen-bond acceptors (Lipinski definition) is 7. The van der Waals surface area contributed by atoms with Gasteiger partial charge in [-0.25, -0.2) is 4.79 Å². The van der Waals surface area contributed by atoms with E-state index in [4.69, 9.17) is 4.74 Å². The van der Waals surface area contributed by atoms with Crippen molar-refractivity contribution in [1.82, 2.24) is 5.32 Å². The van der Waals surface area contributed by atoms with Crippen molar-refractivity contribution in [2.75, 3.05) is 24.6 Å². The van der Waals surface area contributed by atoms with Crippen LogP contribution >= 0.6 is 0 Å². The van der Waals surface area contributed by atoms with Gasteiger partial charge in [-0.3, -0.25) is 14.9 Å². The van der Waals surface area contributed by atoms with E-state index in [9.17, 15) is 25.0 Å². The van der Waals surface area contributed by atoms with E-state index in [1.54, 1.807) is 20.8 Å². The fourth-order valence-electron chi connectivity index (χ4n) is 2.87. The quantitative estimate of drug-likeness (QED) is 0.432. The lowest BCUT2D eigenvalue weighted by Gasteiger charge is -2.27. The van der Waals surface area contributed by atoms with Gasteiger partial charge in [0.1, 0.15) is 5.54 Å². The first kappa shape index (κ1) is 21.2. The molecule has 1 aromatic rings. The van der Waals surface area contributed by atoms with Crippen molar-refractivity contribution in [3.05, 3.63) is 33.9 Å². The Balaban J connectivity index is 2.14. The summed E-state index contributed by atoms with van der Waals surface area (Å²) >= 11 is 0. The largest absolute Gasteiger partial charge is 0.452 e. The van der Waals surface area contributed by atoms with Gasteiger partial charge in [-0.2, -0.15) is 5.26 Å². The molecule has 0 bridgehead atoms. The van der Waals surface area contributed by atoms with Gasteiger partial charge in [-0.1, -0.05) is 13.8 Å².